The Bertz CT molecular complexity index is 845. The van der Waals surface area contributed by atoms with Gasteiger partial charge in [0.05, 0.1) is 32.4 Å². The Morgan fingerprint density at radius 2 is 2.03 bits per heavy atom. The summed E-state index contributed by atoms with van der Waals surface area (Å²) >= 11 is 0. The molecule has 1 N–H and O–H groups in total. The predicted octanol–water partition coefficient (Wildman–Crippen LogP) is 4.82. The van der Waals surface area contributed by atoms with Gasteiger partial charge in [-0.25, -0.2) is 0 Å². The molecule has 1 heterocycles. The number of aryl methyl sites for hydroxylation is 1. The van der Waals surface area contributed by atoms with Gasteiger partial charge in [0.1, 0.15) is 11.8 Å². The van der Waals surface area contributed by atoms with Gasteiger partial charge in [0.2, 0.25) is 0 Å². The zero-order chi connectivity index (χ0) is 23.5. The summed E-state index contributed by atoms with van der Waals surface area (Å²) in [6.45, 7) is 11.2. The van der Waals surface area contributed by atoms with Crippen molar-refractivity contribution in [2.45, 2.75) is 78.3 Å². The van der Waals surface area contributed by atoms with Crippen molar-refractivity contribution in [1.82, 2.24) is 5.32 Å². The molecule has 0 spiro atoms. The SMILES string of the molecule is C=C1CCC2C(C)(C(=O)OC)CCCC2(C)C1CCc1ccoc1CNC(C)C(=O)OC. The van der Waals surface area contributed by atoms with E-state index in [1.807, 2.05) is 6.07 Å². The quantitative estimate of drug-likeness (QED) is 0.457. The molecule has 1 aromatic rings. The third-order valence-corrected chi connectivity index (χ3v) is 8.33. The van der Waals surface area contributed by atoms with Gasteiger partial charge in [-0.3, -0.25) is 14.9 Å². The number of hydrogen-bond donors (Lipinski definition) is 1. The Morgan fingerprint density at radius 3 is 2.72 bits per heavy atom. The minimum absolute atomic E-state index is 0.0398. The van der Waals surface area contributed by atoms with Gasteiger partial charge < -0.3 is 13.9 Å². The van der Waals surface area contributed by atoms with E-state index in [1.165, 1.54) is 19.8 Å². The largest absolute Gasteiger partial charge is 0.469 e. The van der Waals surface area contributed by atoms with Crippen molar-refractivity contribution in [3.63, 3.8) is 0 Å². The molecule has 2 aliphatic rings. The highest BCUT2D eigenvalue weighted by Crippen LogP contribution is 2.62. The Balaban J connectivity index is 1.72. The highest BCUT2D eigenvalue weighted by molar-refractivity contribution is 5.77. The smallest absolute Gasteiger partial charge is 0.322 e. The average molecular weight is 446 g/mol. The van der Waals surface area contributed by atoms with E-state index < -0.39 is 11.5 Å². The number of furan rings is 1. The minimum atomic E-state index is -0.421. The van der Waals surface area contributed by atoms with Gasteiger partial charge in [-0.1, -0.05) is 25.5 Å². The Kier molecular flexibility index (Phi) is 7.53. The number of fused-ring (bicyclic) bond motifs is 1. The molecule has 2 aliphatic carbocycles. The summed E-state index contributed by atoms with van der Waals surface area (Å²) in [7, 11) is 2.90. The molecule has 2 saturated carbocycles. The van der Waals surface area contributed by atoms with E-state index in [2.05, 4.69) is 25.7 Å². The molecule has 2 fully saturated rings. The second kappa shape index (κ2) is 9.82. The first-order chi connectivity index (χ1) is 15.2. The lowest BCUT2D eigenvalue weighted by Gasteiger charge is -2.57. The second-order valence-corrected chi connectivity index (χ2v) is 10.1. The molecule has 0 aromatic carbocycles. The highest BCUT2D eigenvalue weighted by Gasteiger charge is 2.57. The maximum Gasteiger partial charge on any atom is 0.322 e. The lowest BCUT2D eigenvalue weighted by atomic mass is 9.46. The molecular weight excluding hydrogens is 406 g/mol. The van der Waals surface area contributed by atoms with E-state index in [0.29, 0.717) is 18.4 Å². The molecule has 0 amide bonds. The van der Waals surface area contributed by atoms with Crippen LogP contribution in [0.5, 0.6) is 0 Å². The molecule has 5 atom stereocenters. The molecule has 0 saturated heterocycles. The first-order valence-corrected chi connectivity index (χ1v) is 11.8. The van der Waals surface area contributed by atoms with Gasteiger partial charge in [-0.15, -0.1) is 0 Å². The zero-order valence-corrected chi connectivity index (χ0v) is 20.3. The molecule has 0 aliphatic heterocycles. The maximum absolute atomic E-state index is 12.8. The molecule has 1 aromatic heterocycles. The van der Waals surface area contributed by atoms with E-state index in [4.69, 9.17) is 13.9 Å². The lowest BCUT2D eigenvalue weighted by molar-refractivity contribution is -0.168. The van der Waals surface area contributed by atoms with Gasteiger partial charge in [0.15, 0.2) is 0 Å². The van der Waals surface area contributed by atoms with E-state index in [-0.39, 0.29) is 17.4 Å². The number of carbonyl (C=O) groups excluding carboxylic acids is 2. The number of nitrogens with one attached hydrogen (secondary N) is 1. The van der Waals surface area contributed by atoms with Gasteiger partial charge in [-0.2, -0.15) is 0 Å². The van der Waals surface area contributed by atoms with Crippen molar-refractivity contribution in [2.75, 3.05) is 14.2 Å². The van der Waals surface area contributed by atoms with E-state index in [0.717, 1.165) is 56.3 Å². The van der Waals surface area contributed by atoms with Crippen LogP contribution in [0.25, 0.3) is 0 Å². The molecular formula is C26H39NO5. The molecule has 32 heavy (non-hydrogen) atoms. The summed E-state index contributed by atoms with van der Waals surface area (Å²) in [5.41, 5.74) is 2.08. The van der Waals surface area contributed by atoms with Crippen LogP contribution < -0.4 is 5.32 Å². The monoisotopic (exact) mass is 445 g/mol. The van der Waals surface area contributed by atoms with Crippen LogP contribution in [0, 0.1) is 22.7 Å². The Morgan fingerprint density at radius 1 is 1.28 bits per heavy atom. The van der Waals surface area contributed by atoms with Crippen LogP contribution in [-0.2, 0) is 32.0 Å². The van der Waals surface area contributed by atoms with Crippen LogP contribution in [0.15, 0.2) is 28.9 Å². The van der Waals surface area contributed by atoms with Crippen LogP contribution in [0.2, 0.25) is 0 Å². The Hall–Kier alpha value is -2.08. The van der Waals surface area contributed by atoms with Crippen LogP contribution in [-0.4, -0.2) is 32.2 Å². The average Bonchev–Trinajstić information content (AvgIpc) is 3.22. The van der Waals surface area contributed by atoms with Crippen LogP contribution in [0.4, 0.5) is 0 Å². The summed E-state index contributed by atoms with van der Waals surface area (Å²) < 4.78 is 15.7. The van der Waals surface area contributed by atoms with Crippen molar-refractivity contribution in [1.29, 1.82) is 0 Å². The van der Waals surface area contributed by atoms with E-state index in [1.54, 1.807) is 13.2 Å². The predicted molar refractivity (Wildman–Crippen MR) is 123 cm³/mol. The van der Waals surface area contributed by atoms with E-state index >= 15 is 0 Å². The molecule has 6 heteroatoms. The van der Waals surface area contributed by atoms with Crippen LogP contribution in [0.3, 0.4) is 0 Å². The third kappa shape index (κ3) is 4.52. The summed E-state index contributed by atoms with van der Waals surface area (Å²) in [6.07, 6.45) is 8.58. The summed E-state index contributed by atoms with van der Waals surface area (Å²) in [4.78, 5) is 24.4. The summed E-state index contributed by atoms with van der Waals surface area (Å²) in [6, 6.07) is 1.62. The van der Waals surface area contributed by atoms with Crippen molar-refractivity contribution < 1.29 is 23.5 Å². The minimum Gasteiger partial charge on any atom is -0.469 e. The summed E-state index contributed by atoms with van der Waals surface area (Å²) in [5.74, 6) is 1.16. The molecule has 3 rings (SSSR count). The molecule has 5 unspecified atom stereocenters. The van der Waals surface area contributed by atoms with Gasteiger partial charge in [-0.05, 0) is 81.3 Å². The fraction of sp³-hybridized carbons (Fsp3) is 0.692. The number of methoxy groups -OCH3 is 2. The Labute approximate surface area is 192 Å². The topological polar surface area (TPSA) is 77.8 Å². The van der Waals surface area contributed by atoms with Crippen LogP contribution >= 0.6 is 0 Å². The number of esters is 2. The lowest BCUT2D eigenvalue weighted by Crippen LogP contribution is -2.53. The van der Waals surface area contributed by atoms with Crippen molar-refractivity contribution >= 4 is 11.9 Å². The first-order valence-electron chi connectivity index (χ1n) is 11.8. The normalized spacial score (nSPS) is 31.0. The summed E-state index contributed by atoms with van der Waals surface area (Å²) in [5, 5.41) is 3.17. The van der Waals surface area contributed by atoms with E-state index in [9.17, 15) is 9.59 Å². The number of carbonyl (C=O) groups is 2. The van der Waals surface area contributed by atoms with Crippen molar-refractivity contribution in [3.8, 4) is 0 Å². The first kappa shape index (κ1) is 24.6. The number of hydrogen-bond acceptors (Lipinski definition) is 6. The molecule has 178 valence electrons. The van der Waals surface area contributed by atoms with Gasteiger partial charge in [0, 0.05) is 0 Å². The van der Waals surface area contributed by atoms with Gasteiger partial charge in [0.25, 0.3) is 0 Å². The number of ether oxygens (including phenoxy) is 2. The molecule has 0 radical (unpaired) electrons. The molecule has 0 bridgehead atoms. The maximum atomic E-state index is 12.8. The van der Waals surface area contributed by atoms with Crippen LogP contribution in [0.1, 0.15) is 70.6 Å². The number of allylic oxidation sites excluding steroid dienone is 1. The second-order valence-electron chi connectivity index (χ2n) is 10.1. The standard InChI is InChI=1S/C26H39NO5/c1-17-8-11-22-25(3,13-7-14-26(22,4)24(29)31-6)20(17)10-9-19-12-15-32-21(19)16-27-18(2)23(28)30-5/h12,15,18,20,22,27H,1,7-11,13-14,16H2,2-6H3. The third-order valence-electron chi connectivity index (χ3n) is 8.33. The fourth-order valence-electron chi connectivity index (χ4n) is 6.51. The zero-order valence-electron chi connectivity index (χ0n) is 20.3. The number of rotatable bonds is 8. The van der Waals surface area contributed by atoms with Crippen molar-refractivity contribution in [2.24, 2.45) is 22.7 Å². The van der Waals surface area contributed by atoms with Crippen molar-refractivity contribution in [3.05, 3.63) is 35.8 Å². The van der Waals surface area contributed by atoms with Gasteiger partial charge >= 0.3 is 11.9 Å². The highest BCUT2D eigenvalue weighted by atomic mass is 16.5. The molecule has 6 nitrogen and oxygen atoms in total. The fourth-order valence-corrected chi connectivity index (χ4v) is 6.51.